The van der Waals surface area contributed by atoms with Crippen molar-refractivity contribution < 1.29 is 0 Å². The lowest BCUT2D eigenvalue weighted by Crippen LogP contribution is -2.42. The van der Waals surface area contributed by atoms with Crippen molar-refractivity contribution in [2.24, 2.45) is 0 Å². The third-order valence-corrected chi connectivity index (χ3v) is 3.28. The normalized spacial score (nSPS) is 17.7. The second-order valence-electron chi connectivity index (χ2n) is 4.48. The first kappa shape index (κ1) is 10.7. The van der Waals surface area contributed by atoms with E-state index in [0.29, 0.717) is 0 Å². The molecule has 1 saturated heterocycles. The van der Waals surface area contributed by atoms with Crippen molar-refractivity contribution >= 4 is 5.65 Å². The van der Waals surface area contributed by atoms with Crippen molar-refractivity contribution in [1.82, 2.24) is 24.8 Å². The molecule has 0 bridgehead atoms. The molecule has 0 unspecified atom stereocenters. The molecule has 3 heterocycles. The van der Waals surface area contributed by atoms with Crippen LogP contribution in [0.2, 0.25) is 0 Å². The Hall–Kier alpha value is -1.46. The first-order valence-electron chi connectivity index (χ1n) is 6.06. The van der Waals surface area contributed by atoms with Crippen molar-refractivity contribution in [2.75, 3.05) is 26.2 Å². The third-order valence-electron chi connectivity index (χ3n) is 3.28. The molecule has 5 heteroatoms. The molecular weight excluding hydrogens is 214 g/mol. The van der Waals surface area contributed by atoms with E-state index < -0.39 is 0 Å². The Morgan fingerprint density at radius 3 is 3.00 bits per heavy atom. The lowest BCUT2D eigenvalue weighted by atomic mass is 10.2. The van der Waals surface area contributed by atoms with Gasteiger partial charge in [-0.2, -0.15) is 5.10 Å². The van der Waals surface area contributed by atoms with Gasteiger partial charge >= 0.3 is 0 Å². The zero-order valence-corrected chi connectivity index (χ0v) is 10.1. The molecule has 0 spiro atoms. The summed E-state index contributed by atoms with van der Waals surface area (Å²) in [5, 5.41) is 7.86. The first-order chi connectivity index (χ1) is 8.34. The summed E-state index contributed by atoms with van der Waals surface area (Å²) in [6, 6.07) is 1.91. The van der Waals surface area contributed by atoms with Crippen LogP contribution in [0.3, 0.4) is 0 Å². The Bertz CT molecular complexity index is 513. The number of hydrogen-bond acceptors (Lipinski definition) is 4. The van der Waals surface area contributed by atoms with E-state index in [1.165, 1.54) is 5.56 Å². The minimum atomic E-state index is 0.952. The van der Waals surface area contributed by atoms with Gasteiger partial charge in [-0.1, -0.05) is 0 Å². The zero-order chi connectivity index (χ0) is 11.7. The van der Waals surface area contributed by atoms with Crippen molar-refractivity contribution in [1.29, 1.82) is 0 Å². The summed E-state index contributed by atoms with van der Waals surface area (Å²) < 4.78 is 1.87. The standard InChI is InChI=1S/C12H17N5/c1-10-11(9-16-7-4-13-5-8-16)12-14-3-2-6-17(12)15-10/h2-3,6,13H,4-5,7-9H2,1H3. The lowest BCUT2D eigenvalue weighted by Gasteiger charge is -2.26. The van der Waals surface area contributed by atoms with Crippen molar-refractivity contribution in [3.8, 4) is 0 Å². The SMILES string of the molecule is Cc1nn2cccnc2c1CN1CCNCC1. The van der Waals surface area contributed by atoms with Crippen molar-refractivity contribution in [2.45, 2.75) is 13.5 Å². The lowest BCUT2D eigenvalue weighted by molar-refractivity contribution is 0.233. The van der Waals surface area contributed by atoms with Gasteiger partial charge in [0.05, 0.1) is 5.69 Å². The number of aromatic nitrogens is 3. The highest BCUT2D eigenvalue weighted by Crippen LogP contribution is 2.15. The fraction of sp³-hybridized carbons (Fsp3) is 0.500. The molecule has 2 aromatic heterocycles. The number of nitrogens with zero attached hydrogens (tertiary/aromatic N) is 4. The fourth-order valence-electron chi connectivity index (χ4n) is 2.32. The van der Waals surface area contributed by atoms with Crippen LogP contribution in [-0.2, 0) is 6.54 Å². The van der Waals surface area contributed by atoms with Crippen LogP contribution < -0.4 is 5.32 Å². The maximum atomic E-state index is 4.49. The highest BCUT2D eigenvalue weighted by molar-refractivity contribution is 5.49. The smallest absolute Gasteiger partial charge is 0.159 e. The van der Waals surface area contributed by atoms with Crippen LogP contribution in [0, 0.1) is 6.92 Å². The van der Waals surface area contributed by atoms with Crippen LogP contribution in [0.15, 0.2) is 18.5 Å². The Balaban J connectivity index is 1.90. The molecule has 1 aliphatic rings. The van der Waals surface area contributed by atoms with E-state index in [4.69, 9.17) is 0 Å². The van der Waals surface area contributed by atoms with Gasteiger partial charge in [-0.3, -0.25) is 4.90 Å². The molecule has 0 aliphatic carbocycles. The van der Waals surface area contributed by atoms with Crippen LogP contribution in [0.4, 0.5) is 0 Å². The Morgan fingerprint density at radius 2 is 2.18 bits per heavy atom. The summed E-state index contributed by atoms with van der Waals surface area (Å²) in [5.74, 6) is 0. The molecule has 5 nitrogen and oxygen atoms in total. The average Bonchev–Trinajstić information content (AvgIpc) is 2.68. The minimum absolute atomic E-state index is 0.952. The topological polar surface area (TPSA) is 45.5 Å². The molecule has 0 radical (unpaired) electrons. The number of piperazine rings is 1. The molecule has 0 atom stereocenters. The Kier molecular flexibility index (Phi) is 2.78. The maximum Gasteiger partial charge on any atom is 0.159 e. The molecule has 0 saturated carbocycles. The van der Waals surface area contributed by atoms with Gasteiger partial charge in [0, 0.05) is 50.7 Å². The Morgan fingerprint density at radius 1 is 1.35 bits per heavy atom. The molecule has 3 rings (SSSR count). The van der Waals surface area contributed by atoms with E-state index >= 15 is 0 Å². The van der Waals surface area contributed by atoms with Crippen LogP contribution in [0.5, 0.6) is 0 Å². The maximum absolute atomic E-state index is 4.49. The van der Waals surface area contributed by atoms with Gasteiger partial charge in [0.1, 0.15) is 0 Å². The predicted molar refractivity (Wildman–Crippen MR) is 65.9 cm³/mol. The largest absolute Gasteiger partial charge is 0.314 e. The summed E-state index contributed by atoms with van der Waals surface area (Å²) in [6.07, 6.45) is 3.79. The van der Waals surface area contributed by atoms with Crippen molar-refractivity contribution in [3.63, 3.8) is 0 Å². The predicted octanol–water partition coefficient (Wildman–Crippen LogP) is 0.443. The van der Waals surface area contributed by atoms with E-state index in [1.54, 1.807) is 0 Å². The van der Waals surface area contributed by atoms with Gasteiger partial charge in [0.2, 0.25) is 0 Å². The monoisotopic (exact) mass is 231 g/mol. The van der Waals surface area contributed by atoms with E-state index in [9.17, 15) is 0 Å². The number of fused-ring (bicyclic) bond motifs is 1. The molecule has 0 aromatic carbocycles. The van der Waals surface area contributed by atoms with E-state index in [1.807, 2.05) is 23.0 Å². The summed E-state index contributed by atoms with van der Waals surface area (Å²) in [6.45, 7) is 7.37. The van der Waals surface area contributed by atoms with Crippen molar-refractivity contribution in [3.05, 3.63) is 29.7 Å². The number of aryl methyl sites for hydroxylation is 1. The number of nitrogens with one attached hydrogen (secondary N) is 1. The summed E-state index contributed by atoms with van der Waals surface area (Å²) in [5.41, 5.74) is 3.33. The molecule has 17 heavy (non-hydrogen) atoms. The highest BCUT2D eigenvalue weighted by atomic mass is 15.3. The van der Waals surface area contributed by atoms with Crippen LogP contribution in [0.25, 0.3) is 5.65 Å². The second-order valence-corrected chi connectivity index (χ2v) is 4.48. The van der Waals surface area contributed by atoms with Gasteiger partial charge in [0.25, 0.3) is 0 Å². The van der Waals surface area contributed by atoms with Gasteiger partial charge < -0.3 is 5.32 Å². The van der Waals surface area contributed by atoms with Crippen LogP contribution in [-0.4, -0.2) is 45.7 Å². The fourth-order valence-corrected chi connectivity index (χ4v) is 2.32. The molecule has 1 N–H and O–H groups in total. The number of rotatable bonds is 2. The molecule has 2 aromatic rings. The van der Waals surface area contributed by atoms with E-state index in [0.717, 1.165) is 44.1 Å². The van der Waals surface area contributed by atoms with E-state index in [2.05, 4.69) is 27.2 Å². The minimum Gasteiger partial charge on any atom is -0.314 e. The summed E-state index contributed by atoms with van der Waals surface area (Å²) in [7, 11) is 0. The molecule has 1 fully saturated rings. The molecule has 1 aliphatic heterocycles. The molecular formula is C12H17N5. The highest BCUT2D eigenvalue weighted by Gasteiger charge is 2.15. The molecule has 0 amide bonds. The van der Waals surface area contributed by atoms with Crippen LogP contribution >= 0.6 is 0 Å². The average molecular weight is 231 g/mol. The zero-order valence-electron chi connectivity index (χ0n) is 10.1. The van der Waals surface area contributed by atoms with Gasteiger partial charge in [0.15, 0.2) is 5.65 Å². The van der Waals surface area contributed by atoms with E-state index in [-0.39, 0.29) is 0 Å². The summed E-state index contributed by atoms with van der Waals surface area (Å²) in [4.78, 5) is 6.88. The number of hydrogen-bond donors (Lipinski definition) is 1. The third kappa shape index (κ3) is 2.03. The first-order valence-corrected chi connectivity index (χ1v) is 6.06. The van der Waals surface area contributed by atoms with Crippen LogP contribution in [0.1, 0.15) is 11.3 Å². The second kappa shape index (κ2) is 4.43. The Labute approximate surface area is 100 Å². The molecule has 90 valence electrons. The quantitative estimate of drug-likeness (QED) is 0.815. The summed E-state index contributed by atoms with van der Waals surface area (Å²) >= 11 is 0. The van der Waals surface area contributed by atoms with Gasteiger partial charge in [-0.25, -0.2) is 9.50 Å². The van der Waals surface area contributed by atoms with Gasteiger partial charge in [-0.15, -0.1) is 0 Å². The van der Waals surface area contributed by atoms with Gasteiger partial charge in [-0.05, 0) is 13.0 Å².